The van der Waals surface area contributed by atoms with Gasteiger partial charge in [-0.25, -0.2) is 0 Å². The Labute approximate surface area is 116 Å². The second kappa shape index (κ2) is 6.30. The Hall–Kier alpha value is -1.20. The molecule has 4 nitrogen and oxygen atoms in total. The predicted molar refractivity (Wildman–Crippen MR) is 76.3 cm³/mol. The van der Waals surface area contributed by atoms with Crippen LogP contribution >= 0.6 is 0 Å². The highest BCUT2D eigenvalue weighted by atomic mass is 32.2. The molecule has 1 fully saturated rings. The van der Waals surface area contributed by atoms with Crippen molar-refractivity contribution >= 4 is 16.7 Å². The Balaban J connectivity index is 1.96. The zero-order valence-electron chi connectivity index (χ0n) is 11.4. The lowest BCUT2D eigenvalue weighted by Crippen LogP contribution is -2.41. The average molecular weight is 280 g/mol. The van der Waals surface area contributed by atoms with E-state index in [1.807, 2.05) is 31.3 Å². The normalized spacial score (nSPS) is 20.2. The highest BCUT2D eigenvalue weighted by Gasteiger charge is 2.24. The fourth-order valence-corrected chi connectivity index (χ4v) is 2.82. The predicted octanol–water partition coefficient (Wildman–Crippen LogP) is 1.13. The number of carbonyl (C=O) groups is 1. The van der Waals surface area contributed by atoms with Gasteiger partial charge in [0.25, 0.3) is 0 Å². The van der Waals surface area contributed by atoms with E-state index in [-0.39, 0.29) is 11.9 Å². The van der Waals surface area contributed by atoms with E-state index >= 15 is 0 Å². The molecule has 1 saturated heterocycles. The van der Waals surface area contributed by atoms with Gasteiger partial charge in [-0.2, -0.15) is 0 Å². The van der Waals surface area contributed by atoms with Crippen LogP contribution < -0.4 is 5.32 Å². The van der Waals surface area contributed by atoms with Crippen molar-refractivity contribution in [1.29, 1.82) is 0 Å². The molecular weight excluding hydrogens is 260 g/mol. The minimum Gasteiger partial charge on any atom is -0.340 e. The van der Waals surface area contributed by atoms with Gasteiger partial charge < -0.3 is 10.2 Å². The summed E-state index contributed by atoms with van der Waals surface area (Å²) in [7, 11) is 0.876. The SMILES string of the molecule is CN(Cc1ccc(S(C)=O)cc1)C(=O)C1CCCN1. The number of carbonyl (C=O) groups excluding carboxylic acids is 1. The Bertz CT molecular complexity index is 467. The fraction of sp³-hybridized carbons (Fsp3) is 0.500. The molecule has 5 heteroatoms. The van der Waals surface area contributed by atoms with E-state index < -0.39 is 10.8 Å². The van der Waals surface area contributed by atoms with E-state index in [4.69, 9.17) is 0 Å². The second-order valence-electron chi connectivity index (χ2n) is 4.94. The van der Waals surface area contributed by atoms with Gasteiger partial charge >= 0.3 is 0 Å². The van der Waals surface area contributed by atoms with Crippen molar-refractivity contribution in [2.24, 2.45) is 0 Å². The number of nitrogens with zero attached hydrogens (tertiary/aromatic N) is 1. The van der Waals surface area contributed by atoms with E-state index in [0.717, 1.165) is 29.8 Å². The van der Waals surface area contributed by atoms with Crippen LogP contribution in [0.1, 0.15) is 18.4 Å². The van der Waals surface area contributed by atoms with E-state index in [2.05, 4.69) is 5.32 Å². The third-order valence-corrected chi connectivity index (χ3v) is 4.35. The maximum Gasteiger partial charge on any atom is 0.239 e. The van der Waals surface area contributed by atoms with Gasteiger partial charge in [0.1, 0.15) is 0 Å². The van der Waals surface area contributed by atoms with Crippen LogP contribution in [-0.4, -0.2) is 40.9 Å². The molecule has 0 aliphatic carbocycles. The van der Waals surface area contributed by atoms with Crippen LogP contribution in [0, 0.1) is 0 Å². The summed E-state index contributed by atoms with van der Waals surface area (Å²) in [5.41, 5.74) is 1.06. The van der Waals surface area contributed by atoms with Crippen molar-refractivity contribution in [3.05, 3.63) is 29.8 Å². The van der Waals surface area contributed by atoms with Gasteiger partial charge in [-0.1, -0.05) is 12.1 Å². The Morgan fingerprint density at radius 1 is 1.42 bits per heavy atom. The Morgan fingerprint density at radius 2 is 2.11 bits per heavy atom. The highest BCUT2D eigenvalue weighted by molar-refractivity contribution is 7.84. The van der Waals surface area contributed by atoms with Crippen LogP contribution in [0.15, 0.2) is 29.2 Å². The quantitative estimate of drug-likeness (QED) is 0.899. The van der Waals surface area contributed by atoms with Crippen molar-refractivity contribution in [3.63, 3.8) is 0 Å². The van der Waals surface area contributed by atoms with E-state index in [1.54, 1.807) is 11.2 Å². The number of amides is 1. The molecule has 0 aromatic heterocycles. The zero-order chi connectivity index (χ0) is 13.8. The molecule has 1 aromatic rings. The summed E-state index contributed by atoms with van der Waals surface area (Å²) < 4.78 is 11.3. The number of likely N-dealkylation sites (N-methyl/N-ethyl adjacent to an activating group) is 1. The van der Waals surface area contributed by atoms with Gasteiger partial charge in [-0.3, -0.25) is 9.00 Å². The summed E-state index contributed by atoms with van der Waals surface area (Å²) in [6.07, 6.45) is 3.66. The van der Waals surface area contributed by atoms with Crippen molar-refractivity contribution < 1.29 is 9.00 Å². The molecule has 1 aliphatic rings. The lowest BCUT2D eigenvalue weighted by molar-refractivity contribution is -0.132. The minimum absolute atomic E-state index is 0.0209. The molecule has 2 unspecified atom stereocenters. The molecule has 2 rings (SSSR count). The van der Waals surface area contributed by atoms with Crippen molar-refractivity contribution in [2.45, 2.75) is 30.3 Å². The molecular formula is C14H20N2O2S. The molecule has 0 spiro atoms. The Kier molecular flexibility index (Phi) is 4.71. The number of hydrogen-bond acceptors (Lipinski definition) is 3. The van der Waals surface area contributed by atoms with E-state index in [9.17, 15) is 9.00 Å². The van der Waals surface area contributed by atoms with Crippen LogP contribution in [0.25, 0.3) is 0 Å². The lowest BCUT2D eigenvalue weighted by Gasteiger charge is -2.21. The lowest BCUT2D eigenvalue weighted by atomic mass is 10.1. The minimum atomic E-state index is -0.951. The molecule has 19 heavy (non-hydrogen) atoms. The third-order valence-electron chi connectivity index (χ3n) is 3.41. The van der Waals surface area contributed by atoms with Crippen LogP contribution in [0.5, 0.6) is 0 Å². The molecule has 0 saturated carbocycles. The molecule has 1 amide bonds. The molecule has 2 atom stereocenters. The molecule has 1 N–H and O–H groups in total. The first kappa shape index (κ1) is 14.2. The van der Waals surface area contributed by atoms with Gasteiger partial charge in [-0.15, -0.1) is 0 Å². The summed E-state index contributed by atoms with van der Waals surface area (Å²) in [6, 6.07) is 7.56. The highest BCUT2D eigenvalue weighted by Crippen LogP contribution is 2.12. The summed E-state index contributed by atoms with van der Waals surface area (Å²) in [5, 5.41) is 3.22. The Morgan fingerprint density at radius 3 is 2.63 bits per heavy atom. The molecule has 104 valence electrons. The monoisotopic (exact) mass is 280 g/mol. The molecule has 0 bridgehead atoms. The van der Waals surface area contributed by atoms with Crippen molar-refractivity contribution in [3.8, 4) is 0 Å². The van der Waals surface area contributed by atoms with Crippen molar-refractivity contribution in [1.82, 2.24) is 10.2 Å². The molecule has 1 heterocycles. The summed E-state index contributed by atoms with van der Waals surface area (Å²) in [5.74, 6) is 0.153. The number of nitrogens with one attached hydrogen (secondary N) is 1. The summed E-state index contributed by atoms with van der Waals surface area (Å²) in [4.78, 5) is 14.7. The van der Waals surface area contributed by atoms with Crippen LogP contribution in [0.4, 0.5) is 0 Å². The molecule has 1 aliphatic heterocycles. The molecule has 0 radical (unpaired) electrons. The molecule has 1 aromatic carbocycles. The van der Waals surface area contributed by atoms with Crippen LogP contribution in [0.3, 0.4) is 0 Å². The third kappa shape index (κ3) is 3.64. The zero-order valence-corrected chi connectivity index (χ0v) is 12.2. The smallest absolute Gasteiger partial charge is 0.239 e. The fourth-order valence-electron chi connectivity index (χ4n) is 2.30. The van der Waals surface area contributed by atoms with Gasteiger partial charge in [0.2, 0.25) is 5.91 Å². The topological polar surface area (TPSA) is 49.4 Å². The van der Waals surface area contributed by atoms with Gasteiger partial charge in [0, 0.05) is 35.5 Å². The number of hydrogen-bond donors (Lipinski definition) is 1. The largest absolute Gasteiger partial charge is 0.340 e. The first-order valence-electron chi connectivity index (χ1n) is 6.48. The number of benzene rings is 1. The van der Waals surface area contributed by atoms with Gasteiger partial charge in [0.15, 0.2) is 0 Å². The summed E-state index contributed by atoms with van der Waals surface area (Å²) in [6.45, 7) is 1.52. The van der Waals surface area contributed by atoms with Gasteiger partial charge in [-0.05, 0) is 37.1 Å². The van der Waals surface area contributed by atoms with Crippen LogP contribution in [-0.2, 0) is 22.1 Å². The summed E-state index contributed by atoms with van der Waals surface area (Å²) >= 11 is 0. The second-order valence-corrected chi connectivity index (χ2v) is 6.32. The van der Waals surface area contributed by atoms with Gasteiger partial charge in [0.05, 0.1) is 6.04 Å². The van der Waals surface area contributed by atoms with E-state index in [0.29, 0.717) is 6.54 Å². The van der Waals surface area contributed by atoms with Crippen molar-refractivity contribution in [2.75, 3.05) is 19.8 Å². The maximum atomic E-state index is 12.1. The van der Waals surface area contributed by atoms with E-state index in [1.165, 1.54) is 0 Å². The van der Waals surface area contributed by atoms with Crippen LogP contribution in [0.2, 0.25) is 0 Å². The number of rotatable bonds is 4. The standard InChI is InChI=1S/C14H20N2O2S/c1-16(14(17)13-4-3-9-15-13)10-11-5-7-12(8-6-11)19(2)18/h5-8,13,15H,3-4,9-10H2,1-2H3. The maximum absolute atomic E-state index is 12.1. The average Bonchev–Trinajstić information content (AvgIpc) is 2.92. The first-order valence-corrected chi connectivity index (χ1v) is 8.04. The first-order chi connectivity index (χ1) is 9.08.